The van der Waals surface area contributed by atoms with E-state index in [9.17, 15) is 4.79 Å². The molecule has 96 valence electrons. The Kier molecular flexibility index (Phi) is 2.89. The van der Waals surface area contributed by atoms with E-state index >= 15 is 0 Å². The van der Waals surface area contributed by atoms with Crippen molar-refractivity contribution in [1.29, 1.82) is 0 Å². The molecule has 1 aliphatic carbocycles. The predicted molar refractivity (Wildman–Crippen MR) is 67.7 cm³/mol. The monoisotopic (exact) mass is 236 g/mol. The van der Waals surface area contributed by atoms with Crippen molar-refractivity contribution >= 4 is 5.91 Å². The Morgan fingerprint density at radius 1 is 1.29 bits per heavy atom. The lowest BCUT2D eigenvalue weighted by Gasteiger charge is -2.53. The molecule has 0 radical (unpaired) electrons. The number of amides is 1. The fourth-order valence-corrected chi connectivity index (χ4v) is 3.86. The number of hydrogen-bond donors (Lipinski definition) is 1. The molecule has 1 saturated carbocycles. The second-order valence-electron chi connectivity index (χ2n) is 6.31. The summed E-state index contributed by atoms with van der Waals surface area (Å²) in [6, 6.07) is 0.125. The van der Waals surface area contributed by atoms with Crippen molar-refractivity contribution in [2.45, 2.75) is 51.5 Å². The van der Waals surface area contributed by atoms with Crippen LogP contribution >= 0.6 is 0 Å². The normalized spacial score (nSPS) is 35.9. The summed E-state index contributed by atoms with van der Waals surface area (Å²) in [5, 5.41) is 3.34. The number of rotatable bonds is 1. The first-order valence-corrected chi connectivity index (χ1v) is 7.23. The molecule has 17 heavy (non-hydrogen) atoms. The van der Waals surface area contributed by atoms with Gasteiger partial charge in [-0.1, -0.05) is 13.3 Å². The van der Waals surface area contributed by atoms with Gasteiger partial charge in [0.1, 0.15) is 0 Å². The van der Waals surface area contributed by atoms with Crippen LogP contribution in [0.4, 0.5) is 0 Å². The summed E-state index contributed by atoms with van der Waals surface area (Å²) in [5.41, 5.74) is 0.493. The smallest absolute Gasteiger partial charge is 0.239 e. The molecule has 2 atom stereocenters. The van der Waals surface area contributed by atoms with Crippen LogP contribution in [-0.4, -0.2) is 36.5 Å². The highest BCUT2D eigenvalue weighted by molar-refractivity contribution is 5.82. The third-order valence-electron chi connectivity index (χ3n) is 5.40. The molecule has 2 heterocycles. The van der Waals surface area contributed by atoms with Gasteiger partial charge >= 0.3 is 0 Å². The molecule has 3 rings (SSSR count). The second-order valence-corrected chi connectivity index (χ2v) is 6.31. The van der Waals surface area contributed by atoms with Crippen molar-refractivity contribution in [1.82, 2.24) is 10.2 Å². The highest BCUT2D eigenvalue weighted by atomic mass is 16.2. The van der Waals surface area contributed by atoms with Gasteiger partial charge in [-0.3, -0.25) is 4.79 Å². The summed E-state index contributed by atoms with van der Waals surface area (Å²) in [6.45, 7) is 5.42. The first-order valence-electron chi connectivity index (χ1n) is 7.23. The number of hydrogen-bond acceptors (Lipinski definition) is 2. The van der Waals surface area contributed by atoms with Gasteiger partial charge < -0.3 is 10.2 Å². The fourth-order valence-electron chi connectivity index (χ4n) is 3.86. The molecule has 2 unspecified atom stereocenters. The van der Waals surface area contributed by atoms with Crippen molar-refractivity contribution in [3.8, 4) is 0 Å². The van der Waals surface area contributed by atoms with E-state index in [-0.39, 0.29) is 6.04 Å². The summed E-state index contributed by atoms with van der Waals surface area (Å²) in [4.78, 5) is 14.6. The number of piperidine rings is 1. The fraction of sp³-hybridized carbons (Fsp3) is 0.929. The molecule has 1 amide bonds. The minimum absolute atomic E-state index is 0.125. The van der Waals surface area contributed by atoms with Gasteiger partial charge in [0.25, 0.3) is 0 Å². The first kappa shape index (κ1) is 11.5. The summed E-state index contributed by atoms with van der Waals surface area (Å²) < 4.78 is 0. The van der Waals surface area contributed by atoms with Crippen molar-refractivity contribution in [3.63, 3.8) is 0 Å². The van der Waals surface area contributed by atoms with Gasteiger partial charge in [-0.05, 0) is 50.0 Å². The summed E-state index contributed by atoms with van der Waals surface area (Å²) in [7, 11) is 0. The van der Waals surface area contributed by atoms with Crippen LogP contribution < -0.4 is 5.32 Å². The Labute approximate surface area is 104 Å². The van der Waals surface area contributed by atoms with Crippen molar-refractivity contribution < 1.29 is 4.79 Å². The molecule has 2 saturated heterocycles. The van der Waals surface area contributed by atoms with E-state index in [1.807, 2.05) is 0 Å². The number of likely N-dealkylation sites (tertiary alicyclic amines) is 1. The van der Waals surface area contributed by atoms with E-state index in [0.717, 1.165) is 38.4 Å². The summed E-state index contributed by atoms with van der Waals surface area (Å²) in [6.07, 6.45) is 7.46. The van der Waals surface area contributed by atoms with Crippen LogP contribution in [0, 0.1) is 11.3 Å². The molecule has 1 N–H and O–H groups in total. The van der Waals surface area contributed by atoms with Crippen molar-refractivity contribution in [3.05, 3.63) is 0 Å². The maximum absolute atomic E-state index is 12.4. The van der Waals surface area contributed by atoms with Crippen molar-refractivity contribution in [2.75, 3.05) is 19.6 Å². The van der Waals surface area contributed by atoms with Crippen LogP contribution in [0.15, 0.2) is 0 Å². The molecule has 0 aromatic rings. The SMILES string of the molecule is CC1CCN(C(=O)C2CCCN2)CC12CCC2. The van der Waals surface area contributed by atoms with E-state index < -0.39 is 0 Å². The Morgan fingerprint density at radius 2 is 2.12 bits per heavy atom. The van der Waals surface area contributed by atoms with Gasteiger partial charge in [-0.25, -0.2) is 0 Å². The molecular weight excluding hydrogens is 212 g/mol. The molecule has 3 aliphatic rings. The average molecular weight is 236 g/mol. The zero-order chi connectivity index (χ0) is 11.9. The molecule has 0 aromatic carbocycles. The summed E-state index contributed by atoms with van der Waals surface area (Å²) in [5.74, 6) is 1.19. The molecule has 3 fully saturated rings. The van der Waals surface area contributed by atoms with Crippen molar-refractivity contribution in [2.24, 2.45) is 11.3 Å². The minimum Gasteiger partial charge on any atom is -0.341 e. The minimum atomic E-state index is 0.125. The van der Waals surface area contributed by atoms with Crippen LogP contribution in [-0.2, 0) is 4.79 Å². The largest absolute Gasteiger partial charge is 0.341 e. The van der Waals surface area contributed by atoms with E-state index in [0.29, 0.717) is 11.3 Å². The zero-order valence-corrected chi connectivity index (χ0v) is 10.9. The van der Waals surface area contributed by atoms with Gasteiger partial charge in [0, 0.05) is 13.1 Å². The van der Waals surface area contributed by atoms with E-state index in [1.165, 1.54) is 25.7 Å². The van der Waals surface area contributed by atoms with Crippen LogP contribution in [0.5, 0.6) is 0 Å². The van der Waals surface area contributed by atoms with Gasteiger partial charge in [0.15, 0.2) is 0 Å². The molecule has 0 aromatic heterocycles. The third-order valence-corrected chi connectivity index (χ3v) is 5.40. The molecule has 3 heteroatoms. The number of carbonyl (C=O) groups is 1. The number of nitrogens with zero attached hydrogens (tertiary/aromatic N) is 1. The average Bonchev–Trinajstić information content (AvgIpc) is 2.80. The van der Waals surface area contributed by atoms with E-state index in [1.54, 1.807) is 0 Å². The lowest BCUT2D eigenvalue weighted by molar-refractivity contribution is -0.141. The topological polar surface area (TPSA) is 32.3 Å². The Bertz CT molecular complexity index is 305. The lowest BCUT2D eigenvalue weighted by atomic mass is 9.59. The molecule has 0 bridgehead atoms. The maximum atomic E-state index is 12.4. The highest BCUT2D eigenvalue weighted by Gasteiger charge is 2.47. The highest BCUT2D eigenvalue weighted by Crippen LogP contribution is 2.50. The first-order chi connectivity index (χ1) is 8.21. The molecular formula is C14H24N2O. The third kappa shape index (κ3) is 1.88. The Hall–Kier alpha value is -0.570. The van der Waals surface area contributed by atoms with Gasteiger partial charge in [0.05, 0.1) is 6.04 Å². The number of carbonyl (C=O) groups excluding carboxylic acids is 1. The van der Waals surface area contributed by atoms with Gasteiger partial charge in [-0.2, -0.15) is 0 Å². The Morgan fingerprint density at radius 3 is 2.71 bits per heavy atom. The quantitative estimate of drug-likeness (QED) is 0.752. The van der Waals surface area contributed by atoms with Gasteiger partial charge in [-0.15, -0.1) is 0 Å². The van der Waals surface area contributed by atoms with E-state index in [4.69, 9.17) is 0 Å². The van der Waals surface area contributed by atoms with Crippen LogP contribution in [0.3, 0.4) is 0 Å². The Balaban J connectivity index is 1.66. The predicted octanol–water partition coefficient (Wildman–Crippen LogP) is 1.78. The zero-order valence-electron chi connectivity index (χ0n) is 10.9. The maximum Gasteiger partial charge on any atom is 0.239 e. The second kappa shape index (κ2) is 4.27. The standard InChI is InChI=1S/C14H24N2O/c1-11-5-9-16(10-14(11)6-3-7-14)13(17)12-4-2-8-15-12/h11-12,15H,2-10H2,1H3. The molecule has 3 nitrogen and oxygen atoms in total. The number of nitrogens with one attached hydrogen (secondary N) is 1. The van der Waals surface area contributed by atoms with Crippen LogP contribution in [0.25, 0.3) is 0 Å². The summed E-state index contributed by atoms with van der Waals surface area (Å²) >= 11 is 0. The molecule has 1 spiro atoms. The lowest BCUT2D eigenvalue weighted by Crippen LogP contribution is -2.56. The van der Waals surface area contributed by atoms with E-state index in [2.05, 4.69) is 17.1 Å². The molecule has 2 aliphatic heterocycles. The van der Waals surface area contributed by atoms with Crippen LogP contribution in [0.2, 0.25) is 0 Å². The van der Waals surface area contributed by atoms with Crippen LogP contribution in [0.1, 0.15) is 45.4 Å². The van der Waals surface area contributed by atoms with Gasteiger partial charge in [0.2, 0.25) is 5.91 Å².